The van der Waals surface area contributed by atoms with Crippen molar-refractivity contribution in [3.05, 3.63) is 34.6 Å². The van der Waals surface area contributed by atoms with Crippen molar-refractivity contribution in [3.63, 3.8) is 0 Å². The standard InChI is InChI=1S/C19H19ClFN3O3/c20-15-7-14(21)4-3-13(15)2-1-12-8-24(9-12)19(26)23-6-5-17-16(10-23)22-18(25)11-27-17/h3-4,7,12,16-17H,5-6,8-11H2,(H,22,25)/t16-,17+/m1/s1. The predicted molar refractivity (Wildman–Crippen MR) is 96.6 cm³/mol. The van der Waals surface area contributed by atoms with Crippen molar-refractivity contribution in [3.8, 4) is 11.8 Å². The fraction of sp³-hybridized carbons (Fsp3) is 0.474. The second kappa shape index (κ2) is 7.37. The number of urea groups is 1. The number of carbonyl (C=O) groups excluding carboxylic acids is 2. The van der Waals surface area contributed by atoms with Crippen LogP contribution in [0.2, 0.25) is 5.02 Å². The highest BCUT2D eigenvalue weighted by Crippen LogP contribution is 2.23. The molecule has 0 unspecified atom stereocenters. The molecule has 2 atom stereocenters. The van der Waals surface area contributed by atoms with E-state index in [2.05, 4.69) is 17.2 Å². The van der Waals surface area contributed by atoms with Crippen LogP contribution in [0.15, 0.2) is 18.2 Å². The number of morpholine rings is 1. The van der Waals surface area contributed by atoms with Gasteiger partial charge in [-0.05, 0) is 24.6 Å². The number of likely N-dealkylation sites (tertiary alicyclic amines) is 2. The quantitative estimate of drug-likeness (QED) is 0.681. The molecule has 0 aromatic heterocycles. The Labute approximate surface area is 161 Å². The second-order valence-electron chi connectivity index (χ2n) is 7.04. The van der Waals surface area contributed by atoms with Crippen LogP contribution in [-0.4, -0.2) is 66.7 Å². The van der Waals surface area contributed by atoms with Crippen LogP contribution in [0.1, 0.15) is 12.0 Å². The normalized spacial score (nSPS) is 25.0. The molecule has 0 radical (unpaired) electrons. The molecule has 1 aromatic carbocycles. The van der Waals surface area contributed by atoms with Gasteiger partial charge in [0.05, 0.1) is 23.1 Å². The van der Waals surface area contributed by atoms with E-state index in [9.17, 15) is 14.0 Å². The Bertz CT molecular complexity index is 831. The average Bonchev–Trinajstić information content (AvgIpc) is 2.61. The number of fused-ring (bicyclic) bond motifs is 1. The highest BCUT2D eigenvalue weighted by atomic mass is 35.5. The number of rotatable bonds is 0. The zero-order valence-electron chi connectivity index (χ0n) is 14.6. The molecular formula is C19H19ClFN3O3. The first-order chi connectivity index (χ1) is 13.0. The lowest BCUT2D eigenvalue weighted by atomic mass is 9.99. The number of nitrogens with one attached hydrogen (secondary N) is 1. The van der Waals surface area contributed by atoms with Crippen LogP contribution in [0.4, 0.5) is 9.18 Å². The molecule has 3 heterocycles. The largest absolute Gasteiger partial charge is 0.366 e. The molecule has 3 fully saturated rings. The second-order valence-corrected chi connectivity index (χ2v) is 7.44. The zero-order chi connectivity index (χ0) is 19.0. The summed E-state index contributed by atoms with van der Waals surface area (Å²) in [6, 6.07) is 3.94. The van der Waals surface area contributed by atoms with Crippen molar-refractivity contribution < 1.29 is 18.7 Å². The molecular weight excluding hydrogens is 373 g/mol. The van der Waals surface area contributed by atoms with Gasteiger partial charge in [-0.3, -0.25) is 4.79 Å². The fourth-order valence-corrected chi connectivity index (χ4v) is 3.78. The van der Waals surface area contributed by atoms with Gasteiger partial charge in [-0.15, -0.1) is 0 Å². The first kappa shape index (κ1) is 18.1. The summed E-state index contributed by atoms with van der Waals surface area (Å²) in [7, 11) is 0. The van der Waals surface area contributed by atoms with E-state index in [1.165, 1.54) is 12.1 Å². The van der Waals surface area contributed by atoms with Gasteiger partial charge < -0.3 is 19.9 Å². The van der Waals surface area contributed by atoms with Gasteiger partial charge in [0.15, 0.2) is 0 Å². The summed E-state index contributed by atoms with van der Waals surface area (Å²) in [5.74, 6) is 5.59. The topological polar surface area (TPSA) is 61.9 Å². The number of benzene rings is 1. The van der Waals surface area contributed by atoms with Crippen molar-refractivity contribution in [2.24, 2.45) is 5.92 Å². The lowest BCUT2D eigenvalue weighted by molar-refractivity contribution is -0.139. The number of hydrogen-bond donors (Lipinski definition) is 1. The van der Waals surface area contributed by atoms with E-state index in [0.29, 0.717) is 31.7 Å². The monoisotopic (exact) mass is 391 g/mol. The van der Waals surface area contributed by atoms with Crippen molar-refractivity contribution in [2.45, 2.75) is 18.6 Å². The third-order valence-corrected chi connectivity index (χ3v) is 5.40. The molecule has 27 heavy (non-hydrogen) atoms. The Kier molecular flexibility index (Phi) is 4.94. The fourth-order valence-electron chi connectivity index (χ4n) is 3.57. The van der Waals surface area contributed by atoms with E-state index in [0.717, 1.165) is 6.42 Å². The number of halogens is 2. The van der Waals surface area contributed by atoms with Crippen molar-refractivity contribution in [1.82, 2.24) is 15.1 Å². The molecule has 6 nitrogen and oxygen atoms in total. The lowest BCUT2D eigenvalue weighted by Gasteiger charge is -2.45. The molecule has 3 aliphatic heterocycles. The minimum Gasteiger partial charge on any atom is -0.366 e. The maximum atomic E-state index is 13.1. The van der Waals surface area contributed by atoms with E-state index >= 15 is 0 Å². The highest BCUT2D eigenvalue weighted by molar-refractivity contribution is 6.31. The molecule has 3 aliphatic rings. The van der Waals surface area contributed by atoms with Gasteiger partial charge in [0.25, 0.3) is 0 Å². The smallest absolute Gasteiger partial charge is 0.320 e. The van der Waals surface area contributed by atoms with Crippen LogP contribution >= 0.6 is 11.6 Å². The lowest BCUT2D eigenvalue weighted by Crippen LogP contribution is -2.64. The first-order valence-corrected chi connectivity index (χ1v) is 9.29. The minimum absolute atomic E-state index is 0.0118. The third-order valence-electron chi connectivity index (χ3n) is 5.09. The summed E-state index contributed by atoms with van der Waals surface area (Å²) in [6.45, 7) is 2.29. The minimum atomic E-state index is -0.394. The molecule has 0 bridgehead atoms. The number of piperidine rings is 1. The summed E-state index contributed by atoms with van der Waals surface area (Å²) >= 11 is 5.97. The van der Waals surface area contributed by atoms with Crippen LogP contribution in [-0.2, 0) is 9.53 Å². The molecule has 142 valence electrons. The number of nitrogens with zero attached hydrogens (tertiary/aromatic N) is 2. The van der Waals surface area contributed by atoms with Crippen molar-refractivity contribution in [1.29, 1.82) is 0 Å². The van der Waals surface area contributed by atoms with Crippen molar-refractivity contribution in [2.75, 3.05) is 32.8 Å². The van der Waals surface area contributed by atoms with Gasteiger partial charge in [0, 0.05) is 31.7 Å². The molecule has 4 rings (SSSR count). The maximum Gasteiger partial charge on any atom is 0.320 e. The van der Waals surface area contributed by atoms with Crippen LogP contribution in [0.5, 0.6) is 0 Å². The Hall–Kier alpha value is -2.30. The third kappa shape index (κ3) is 3.87. The van der Waals surface area contributed by atoms with E-state index < -0.39 is 5.82 Å². The molecule has 0 saturated carbocycles. The Balaban J connectivity index is 1.30. The summed E-state index contributed by atoms with van der Waals surface area (Å²) in [6.07, 6.45) is 0.707. The van der Waals surface area contributed by atoms with E-state index in [4.69, 9.17) is 16.3 Å². The summed E-state index contributed by atoms with van der Waals surface area (Å²) in [5, 5.41) is 3.18. The molecule has 1 aromatic rings. The average molecular weight is 392 g/mol. The summed E-state index contributed by atoms with van der Waals surface area (Å²) in [4.78, 5) is 27.6. The number of carbonyl (C=O) groups is 2. The molecule has 3 amide bonds. The Morgan fingerprint density at radius 2 is 2.11 bits per heavy atom. The summed E-state index contributed by atoms with van der Waals surface area (Å²) in [5.41, 5.74) is 0.581. The van der Waals surface area contributed by atoms with Gasteiger partial charge in [0.2, 0.25) is 5.91 Å². The van der Waals surface area contributed by atoms with Crippen LogP contribution in [0, 0.1) is 23.6 Å². The van der Waals surface area contributed by atoms with Gasteiger partial charge in [-0.1, -0.05) is 23.4 Å². The van der Waals surface area contributed by atoms with E-state index in [-0.39, 0.29) is 41.6 Å². The Morgan fingerprint density at radius 1 is 1.30 bits per heavy atom. The van der Waals surface area contributed by atoms with Crippen LogP contribution in [0.3, 0.4) is 0 Å². The summed E-state index contributed by atoms with van der Waals surface area (Å²) < 4.78 is 18.6. The molecule has 8 heteroatoms. The van der Waals surface area contributed by atoms with Crippen LogP contribution < -0.4 is 5.32 Å². The maximum absolute atomic E-state index is 13.1. The molecule has 1 N–H and O–H groups in total. The predicted octanol–water partition coefficient (Wildman–Crippen LogP) is 1.47. The van der Waals surface area contributed by atoms with Crippen LogP contribution in [0.25, 0.3) is 0 Å². The van der Waals surface area contributed by atoms with E-state index in [1.54, 1.807) is 15.9 Å². The van der Waals surface area contributed by atoms with Gasteiger partial charge in [0.1, 0.15) is 12.4 Å². The van der Waals surface area contributed by atoms with E-state index in [1.807, 2.05) is 0 Å². The number of ether oxygens (including phenoxy) is 1. The zero-order valence-corrected chi connectivity index (χ0v) is 15.3. The first-order valence-electron chi connectivity index (χ1n) is 8.91. The van der Waals surface area contributed by atoms with Gasteiger partial charge in [-0.25, -0.2) is 9.18 Å². The van der Waals surface area contributed by atoms with Gasteiger partial charge in [-0.2, -0.15) is 0 Å². The molecule has 0 aliphatic carbocycles. The number of amides is 3. The molecule has 0 spiro atoms. The SMILES string of the molecule is O=C1CO[C@H]2CCN(C(=O)N3CC(C#Cc4ccc(F)cc4Cl)C3)C[C@H]2N1. The number of hydrogen-bond acceptors (Lipinski definition) is 3. The molecule has 3 saturated heterocycles. The van der Waals surface area contributed by atoms with Gasteiger partial charge >= 0.3 is 6.03 Å². The van der Waals surface area contributed by atoms with Crippen molar-refractivity contribution >= 4 is 23.5 Å². The Morgan fingerprint density at radius 3 is 2.89 bits per heavy atom. The highest BCUT2D eigenvalue weighted by Gasteiger charge is 2.39.